The third kappa shape index (κ3) is 5.63. The Morgan fingerprint density at radius 2 is 0.684 bits per heavy atom. The fourth-order valence-electron chi connectivity index (χ4n) is 8.93. The molecule has 0 N–H and O–H groups in total. The second-order valence-electron chi connectivity index (χ2n) is 14.9. The van der Waals surface area contributed by atoms with Gasteiger partial charge in [-0.1, -0.05) is 188 Å². The van der Waals surface area contributed by atoms with Crippen LogP contribution in [0.3, 0.4) is 0 Å². The lowest BCUT2D eigenvalue weighted by Gasteiger charge is -2.30. The Morgan fingerprint density at radius 1 is 0.228 bits per heavy atom. The first-order valence-corrected chi connectivity index (χ1v) is 19.7. The molecule has 0 aliphatic rings. The van der Waals surface area contributed by atoms with Crippen LogP contribution in [0.2, 0.25) is 0 Å². The van der Waals surface area contributed by atoms with Gasteiger partial charge >= 0.3 is 0 Å². The molecule has 57 heavy (non-hydrogen) atoms. The zero-order chi connectivity index (χ0) is 37.7. The van der Waals surface area contributed by atoms with E-state index in [0.717, 1.165) is 17.1 Å². The smallest absolute Gasteiger partial charge is 0.0546 e. The monoisotopic (exact) mass is 723 g/mol. The minimum absolute atomic E-state index is 1.10. The van der Waals surface area contributed by atoms with Crippen LogP contribution in [0.1, 0.15) is 0 Å². The Labute approximate surface area is 332 Å². The average molecular weight is 724 g/mol. The van der Waals surface area contributed by atoms with Crippen molar-refractivity contribution in [3.8, 4) is 33.4 Å². The van der Waals surface area contributed by atoms with Crippen LogP contribution in [0.5, 0.6) is 0 Å². The van der Waals surface area contributed by atoms with Gasteiger partial charge in [0.25, 0.3) is 0 Å². The number of hydrogen-bond donors (Lipinski definition) is 0. The van der Waals surface area contributed by atoms with Crippen LogP contribution >= 0.6 is 0 Å². The lowest BCUT2D eigenvalue weighted by Crippen LogP contribution is -2.12. The van der Waals surface area contributed by atoms with Crippen molar-refractivity contribution in [3.63, 3.8) is 0 Å². The van der Waals surface area contributed by atoms with Gasteiger partial charge in [-0.2, -0.15) is 0 Å². The number of fused-ring (bicyclic) bond motifs is 7. The topological polar surface area (TPSA) is 3.24 Å². The van der Waals surface area contributed by atoms with Gasteiger partial charge in [0.2, 0.25) is 0 Å². The average Bonchev–Trinajstić information content (AvgIpc) is 3.29. The summed E-state index contributed by atoms with van der Waals surface area (Å²) in [6, 6.07) is 82.2. The van der Waals surface area contributed by atoms with Crippen LogP contribution in [0, 0.1) is 0 Å². The molecule has 0 heterocycles. The summed E-state index contributed by atoms with van der Waals surface area (Å²) in [5.74, 6) is 0. The molecule has 0 fully saturated rings. The molecule has 1 heteroatoms. The van der Waals surface area contributed by atoms with Gasteiger partial charge in [0, 0.05) is 16.6 Å². The number of hydrogen-bond acceptors (Lipinski definition) is 1. The second kappa shape index (κ2) is 13.7. The summed E-state index contributed by atoms with van der Waals surface area (Å²) >= 11 is 0. The van der Waals surface area contributed by atoms with Gasteiger partial charge < -0.3 is 4.90 Å². The minimum Gasteiger partial charge on any atom is -0.309 e. The van der Waals surface area contributed by atoms with Crippen molar-refractivity contribution in [2.24, 2.45) is 0 Å². The van der Waals surface area contributed by atoms with Crippen molar-refractivity contribution in [3.05, 3.63) is 224 Å². The van der Waals surface area contributed by atoms with Crippen molar-refractivity contribution in [1.82, 2.24) is 0 Å². The highest BCUT2D eigenvalue weighted by Crippen LogP contribution is 2.47. The minimum atomic E-state index is 1.10. The van der Waals surface area contributed by atoms with E-state index < -0.39 is 0 Å². The molecule has 266 valence electrons. The molecular formula is C56H37N. The van der Waals surface area contributed by atoms with Crippen LogP contribution in [0.4, 0.5) is 17.1 Å². The van der Waals surface area contributed by atoms with Gasteiger partial charge in [-0.05, 0) is 113 Å². The Morgan fingerprint density at radius 3 is 1.32 bits per heavy atom. The van der Waals surface area contributed by atoms with Gasteiger partial charge in [0.05, 0.1) is 11.4 Å². The van der Waals surface area contributed by atoms with Crippen LogP contribution in [-0.2, 0) is 0 Å². The van der Waals surface area contributed by atoms with Crippen LogP contribution in [-0.4, -0.2) is 0 Å². The van der Waals surface area contributed by atoms with E-state index in [1.165, 1.54) is 87.2 Å². The lowest BCUT2D eigenvalue weighted by atomic mass is 9.91. The predicted molar refractivity (Wildman–Crippen MR) is 245 cm³/mol. The van der Waals surface area contributed by atoms with Crippen LogP contribution in [0.15, 0.2) is 224 Å². The molecular weight excluding hydrogens is 687 g/mol. The van der Waals surface area contributed by atoms with Crippen molar-refractivity contribution in [1.29, 1.82) is 0 Å². The zero-order valence-electron chi connectivity index (χ0n) is 31.3. The summed E-state index contributed by atoms with van der Waals surface area (Å²) in [5.41, 5.74) is 10.5. The summed E-state index contributed by atoms with van der Waals surface area (Å²) in [6.07, 6.45) is 0. The maximum absolute atomic E-state index is 2.47. The summed E-state index contributed by atoms with van der Waals surface area (Å²) in [6.45, 7) is 0. The first-order valence-electron chi connectivity index (χ1n) is 19.7. The Balaban J connectivity index is 1.16. The molecule has 0 saturated heterocycles. The largest absolute Gasteiger partial charge is 0.309 e. The third-order valence-corrected chi connectivity index (χ3v) is 11.6. The zero-order valence-corrected chi connectivity index (χ0v) is 31.3. The molecule has 0 amide bonds. The predicted octanol–water partition coefficient (Wildman–Crippen LogP) is 15.9. The first kappa shape index (κ1) is 32.9. The van der Waals surface area contributed by atoms with Crippen molar-refractivity contribution in [2.45, 2.75) is 0 Å². The molecule has 1 nitrogen and oxygen atoms in total. The molecule has 0 bridgehead atoms. The Bertz CT molecular complexity index is 3280. The molecule has 0 aromatic heterocycles. The van der Waals surface area contributed by atoms with Crippen molar-refractivity contribution in [2.75, 3.05) is 4.90 Å². The van der Waals surface area contributed by atoms with E-state index in [1.54, 1.807) is 0 Å². The molecule has 0 radical (unpaired) electrons. The van der Waals surface area contributed by atoms with E-state index in [-0.39, 0.29) is 0 Å². The highest BCUT2D eigenvalue weighted by atomic mass is 15.1. The van der Waals surface area contributed by atoms with E-state index in [4.69, 9.17) is 0 Å². The standard InChI is InChI=1S/C56H37N/c1-2-15-38(16-3-1)48-34-31-43(54-36-42-19-6-8-22-46(42)50-25-11-13-27-52(50)54)37-56(48)57(55-28-14-20-39-17-4-9-23-47(39)55)44-32-29-40(30-33-44)53-35-41-18-5-7-21-45(41)49-24-10-12-26-51(49)53/h1-37H. The van der Waals surface area contributed by atoms with Gasteiger partial charge in [0.15, 0.2) is 0 Å². The van der Waals surface area contributed by atoms with Gasteiger partial charge in [-0.25, -0.2) is 0 Å². The van der Waals surface area contributed by atoms with Crippen molar-refractivity contribution < 1.29 is 0 Å². The molecule has 0 saturated carbocycles. The van der Waals surface area contributed by atoms with Crippen molar-refractivity contribution >= 4 is 70.9 Å². The molecule has 0 aliphatic carbocycles. The molecule has 0 unspecified atom stereocenters. The second-order valence-corrected chi connectivity index (χ2v) is 14.9. The highest BCUT2D eigenvalue weighted by Gasteiger charge is 2.21. The number of anilines is 3. The quantitative estimate of drug-likeness (QED) is 0.154. The van der Waals surface area contributed by atoms with E-state index in [1.807, 2.05) is 0 Å². The summed E-state index contributed by atoms with van der Waals surface area (Å²) in [4.78, 5) is 2.47. The molecule has 11 rings (SSSR count). The maximum Gasteiger partial charge on any atom is 0.0546 e. The fourth-order valence-corrected chi connectivity index (χ4v) is 8.93. The Kier molecular flexibility index (Phi) is 7.89. The van der Waals surface area contributed by atoms with Gasteiger partial charge in [-0.15, -0.1) is 0 Å². The van der Waals surface area contributed by atoms with Crippen LogP contribution < -0.4 is 4.90 Å². The van der Waals surface area contributed by atoms with Gasteiger partial charge in [-0.3, -0.25) is 0 Å². The van der Waals surface area contributed by atoms with E-state index in [0.29, 0.717) is 0 Å². The van der Waals surface area contributed by atoms with Crippen LogP contribution in [0.25, 0.3) is 87.2 Å². The molecule has 0 atom stereocenters. The third-order valence-electron chi connectivity index (χ3n) is 11.6. The molecule has 11 aromatic rings. The number of nitrogens with zero attached hydrogens (tertiary/aromatic N) is 1. The van der Waals surface area contributed by atoms with Gasteiger partial charge in [0.1, 0.15) is 0 Å². The molecule has 0 spiro atoms. The lowest BCUT2D eigenvalue weighted by molar-refractivity contribution is 1.30. The summed E-state index contributed by atoms with van der Waals surface area (Å²) < 4.78 is 0. The molecule has 0 aliphatic heterocycles. The summed E-state index contributed by atoms with van der Waals surface area (Å²) in [7, 11) is 0. The number of rotatable bonds is 6. The highest BCUT2D eigenvalue weighted by molar-refractivity contribution is 6.15. The fraction of sp³-hybridized carbons (Fsp3) is 0. The first-order chi connectivity index (χ1) is 28.3. The maximum atomic E-state index is 2.47. The Hall–Kier alpha value is -7.48. The van der Waals surface area contributed by atoms with E-state index in [2.05, 4.69) is 229 Å². The normalized spacial score (nSPS) is 11.5. The summed E-state index contributed by atoms with van der Waals surface area (Å²) in [5, 5.41) is 12.5. The number of benzene rings is 11. The van der Waals surface area contributed by atoms with E-state index in [9.17, 15) is 0 Å². The molecule has 11 aromatic carbocycles. The van der Waals surface area contributed by atoms with E-state index >= 15 is 0 Å². The SMILES string of the molecule is c1ccc(-c2ccc(-c3cc4ccccc4c4ccccc34)cc2N(c2ccc(-c3cc4ccccc4c4ccccc34)cc2)c2cccc3ccccc23)cc1.